The van der Waals surface area contributed by atoms with Gasteiger partial charge in [-0.3, -0.25) is 0 Å². The van der Waals surface area contributed by atoms with Gasteiger partial charge in [-0.2, -0.15) is 0 Å². The Kier molecular flexibility index (Phi) is 5.36. The van der Waals surface area contributed by atoms with E-state index in [1.807, 2.05) is 13.0 Å². The van der Waals surface area contributed by atoms with E-state index in [0.717, 1.165) is 23.4 Å². The lowest BCUT2D eigenvalue weighted by Crippen LogP contribution is -2.00. The maximum atomic E-state index is 5.60. The summed E-state index contributed by atoms with van der Waals surface area (Å²) in [6.07, 6.45) is 3.87. The molecule has 0 aromatic rings. The van der Waals surface area contributed by atoms with Gasteiger partial charge in [0.2, 0.25) is 0 Å². The summed E-state index contributed by atoms with van der Waals surface area (Å²) in [5.74, 6) is 0. The van der Waals surface area contributed by atoms with Gasteiger partial charge in [-0.25, -0.2) is 0 Å². The topological polar surface area (TPSA) is 26.0 Å². The van der Waals surface area contributed by atoms with E-state index in [1.165, 1.54) is 0 Å². The maximum absolute atomic E-state index is 5.60. The van der Waals surface area contributed by atoms with E-state index in [1.54, 1.807) is 0 Å². The summed E-state index contributed by atoms with van der Waals surface area (Å²) >= 11 is 5.60. The molecule has 0 heterocycles. The minimum atomic E-state index is 0.579. The van der Waals surface area contributed by atoms with Gasteiger partial charge in [0.1, 0.15) is 0 Å². The summed E-state index contributed by atoms with van der Waals surface area (Å²) in [7, 11) is 0. The van der Waals surface area contributed by atoms with Gasteiger partial charge in [-0.05, 0) is 19.8 Å². The molecule has 0 spiro atoms. The van der Waals surface area contributed by atoms with E-state index in [-0.39, 0.29) is 0 Å². The highest BCUT2D eigenvalue weighted by Gasteiger charge is 1.88. The van der Waals surface area contributed by atoms with Crippen LogP contribution in [0.2, 0.25) is 0 Å². The van der Waals surface area contributed by atoms with E-state index in [2.05, 4.69) is 6.58 Å². The molecule has 0 aliphatic carbocycles. The highest BCUT2D eigenvalue weighted by molar-refractivity contribution is 6.29. The van der Waals surface area contributed by atoms with Gasteiger partial charge < -0.3 is 5.73 Å². The lowest BCUT2D eigenvalue weighted by molar-refractivity contribution is 0.933. The van der Waals surface area contributed by atoms with Crippen LogP contribution in [0.1, 0.15) is 19.8 Å². The number of halogens is 1. The quantitative estimate of drug-likeness (QED) is 0.627. The van der Waals surface area contributed by atoms with Crippen LogP contribution in [0.5, 0.6) is 0 Å². The number of hydrogen-bond donors (Lipinski definition) is 1. The third kappa shape index (κ3) is 5.86. The van der Waals surface area contributed by atoms with Gasteiger partial charge in [0.25, 0.3) is 0 Å². The minimum absolute atomic E-state index is 0.579. The van der Waals surface area contributed by atoms with Crippen LogP contribution < -0.4 is 5.73 Å². The molecule has 0 saturated heterocycles. The van der Waals surface area contributed by atoms with Crippen LogP contribution in [0.25, 0.3) is 0 Å². The Bertz CT molecular complexity index is 134. The van der Waals surface area contributed by atoms with Crippen LogP contribution in [-0.4, -0.2) is 6.54 Å². The zero-order valence-corrected chi connectivity index (χ0v) is 7.12. The molecule has 0 unspecified atom stereocenters. The summed E-state index contributed by atoms with van der Waals surface area (Å²) in [5.41, 5.74) is 6.41. The second kappa shape index (κ2) is 5.51. The summed E-state index contributed by atoms with van der Waals surface area (Å²) in [6.45, 7) is 6.22. The first-order valence-electron chi connectivity index (χ1n) is 3.35. The second-order valence-corrected chi connectivity index (χ2v) is 2.88. The molecule has 0 bridgehead atoms. The number of allylic oxidation sites excluding steroid dienone is 2. The molecule has 0 aliphatic heterocycles. The van der Waals surface area contributed by atoms with Crippen molar-refractivity contribution in [2.45, 2.75) is 19.8 Å². The Morgan fingerprint density at radius 3 is 2.70 bits per heavy atom. The molecule has 1 nitrogen and oxygen atoms in total. The monoisotopic (exact) mass is 159 g/mol. The van der Waals surface area contributed by atoms with Crippen molar-refractivity contribution < 1.29 is 0 Å². The van der Waals surface area contributed by atoms with Crippen LogP contribution in [0.3, 0.4) is 0 Å². The first-order chi connectivity index (χ1) is 4.66. The third-order valence-corrected chi connectivity index (χ3v) is 1.37. The van der Waals surface area contributed by atoms with Crippen LogP contribution in [0.4, 0.5) is 0 Å². The predicted octanol–water partition coefficient (Wildman–Crippen LogP) is 2.42. The van der Waals surface area contributed by atoms with E-state index < -0.39 is 0 Å². The van der Waals surface area contributed by atoms with Crippen molar-refractivity contribution in [2.24, 2.45) is 5.73 Å². The first-order valence-corrected chi connectivity index (χ1v) is 3.73. The molecule has 0 aliphatic rings. The third-order valence-electron chi connectivity index (χ3n) is 1.21. The average molecular weight is 160 g/mol. The first kappa shape index (κ1) is 9.73. The van der Waals surface area contributed by atoms with Crippen molar-refractivity contribution in [1.29, 1.82) is 0 Å². The molecule has 10 heavy (non-hydrogen) atoms. The van der Waals surface area contributed by atoms with Gasteiger partial charge >= 0.3 is 0 Å². The second-order valence-electron chi connectivity index (χ2n) is 2.28. The van der Waals surface area contributed by atoms with Crippen LogP contribution >= 0.6 is 11.6 Å². The van der Waals surface area contributed by atoms with Crippen LogP contribution in [0.15, 0.2) is 23.3 Å². The van der Waals surface area contributed by atoms with Crippen LogP contribution in [0, 0.1) is 0 Å². The van der Waals surface area contributed by atoms with Crippen molar-refractivity contribution in [3.8, 4) is 0 Å². The normalized spacial score (nSPS) is 11.7. The summed E-state index contributed by atoms with van der Waals surface area (Å²) in [5, 5.41) is 0.838. The molecule has 0 rings (SSSR count). The van der Waals surface area contributed by atoms with Gasteiger partial charge in [-0.15, -0.1) is 0 Å². The standard InChI is InChI=1S/C8H14ClN/c1-7(6-10)4-3-5-8(2)9/h5H,1,3-4,6,10H2,2H3/b8-5+. The molecular weight excluding hydrogens is 146 g/mol. The molecule has 0 amide bonds. The van der Waals surface area contributed by atoms with Crippen LogP contribution in [-0.2, 0) is 0 Å². The van der Waals surface area contributed by atoms with Crippen molar-refractivity contribution in [3.05, 3.63) is 23.3 Å². The van der Waals surface area contributed by atoms with Crippen molar-refractivity contribution in [1.82, 2.24) is 0 Å². The summed E-state index contributed by atoms with van der Waals surface area (Å²) in [4.78, 5) is 0. The molecular formula is C8H14ClN. The zero-order chi connectivity index (χ0) is 7.98. The SMILES string of the molecule is C=C(CN)CC/C=C(\C)Cl. The van der Waals surface area contributed by atoms with Gasteiger partial charge in [0, 0.05) is 11.6 Å². The van der Waals surface area contributed by atoms with E-state index in [4.69, 9.17) is 17.3 Å². The van der Waals surface area contributed by atoms with Gasteiger partial charge in [0.15, 0.2) is 0 Å². The Morgan fingerprint density at radius 2 is 2.30 bits per heavy atom. The van der Waals surface area contributed by atoms with E-state index in [0.29, 0.717) is 6.54 Å². The molecule has 0 aromatic carbocycles. The molecule has 0 fully saturated rings. The average Bonchev–Trinajstić information content (AvgIpc) is 1.87. The maximum Gasteiger partial charge on any atom is 0.0134 e. The Balaban J connectivity index is 3.37. The summed E-state index contributed by atoms with van der Waals surface area (Å²) in [6, 6.07) is 0. The lowest BCUT2D eigenvalue weighted by Gasteiger charge is -1.97. The smallest absolute Gasteiger partial charge is 0.0134 e. The molecule has 0 atom stereocenters. The molecule has 2 heteroatoms. The zero-order valence-electron chi connectivity index (χ0n) is 6.36. The highest BCUT2D eigenvalue weighted by atomic mass is 35.5. The Labute approximate surface area is 67.6 Å². The Morgan fingerprint density at radius 1 is 1.70 bits per heavy atom. The van der Waals surface area contributed by atoms with Crippen molar-refractivity contribution >= 4 is 11.6 Å². The molecule has 0 aromatic heterocycles. The van der Waals surface area contributed by atoms with Crippen molar-refractivity contribution in [2.75, 3.05) is 6.54 Å². The number of rotatable bonds is 4. The highest BCUT2D eigenvalue weighted by Crippen LogP contribution is 2.05. The molecule has 0 saturated carbocycles. The fraction of sp³-hybridized carbons (Fsp3) is 0.500. The van der Waals surface area contributed by atoms with Gasteiger partial charge in [-0.1, -0.05) is 29.8 Å². The number of nitrogens with two attached hydrogens (primary N) is 1. The number of hydrogen-bond acceptors (Lipinski definition) is 1. The van der Waals surface area contributed by atoms with Crippen molar-refractivity contribution in [3.63, 3.8) is 0 Å². The summed E-state index contributed by atoms with van der Waals surface area (Å²) < 4.78 is 0. The largest absolute Gasteiger partial charge is 0.327 e. The predicted molar refractivity (Wildman–Crippen MR) is 47.0 cm³/mol. The fourth-order valence-electron chi connectivity index (χ4n) is 0.577. The lowest BCUT2D eigenvalue weighted by atomic mass is 10.1. The van der Waals surface area contributed by atoms with Gasteiger partial charge in [0.05, 0.1) is 0 Å². The fourth-order valence-corrected chi connectivity index (χ4v) is 0.686. The Hall–Kier alpha value is -0.270. The molecule has 58 valence electrons. The van der Waals surface area contributed by atoms with E-state index >= 15 is 0 Å². The minimum Gasteiger partial charge on any atom is -0.327 e. The molecule has 0 radical (unpaired) electrons. The van der Waals surface area contributed by atoms with E-state index in [9.17, 15) is 0 Å². The molecule has 2 N–H and O–H groups in total.